The lowest BCUT2D eigenvalue weighted by molar-refractivity contribution is 1.07. The van der Waals surface area contributed by atoms with Crippen LogP contribution in [-0.2, 0) is 0 Å². The fraction of sp³-hybridized carbons (Fsp3) is 0. The van der Waals surface area contributed by atoms with Gasteiger partial charge in [0.2, 0.25) is 0 Å². The molecule has 13 aromatic rings. The van der Waals surface area contributed by atoms with Gasteiger partial charge in [-0.25, -0.2) is 9.97 Å². The number of imidazole rings is 1. The minimum absolute atomic E-state index is 0.903. The molecule has 14 rings (SSSR count). The molecule has 1 aliphatic heterocycles. The molecule has 1 aliphatic rings. The van der Waals surface area contributed by atoms with E-state index in [-0.39, 0.29) is 0 Å². The molecular weight excluding hydrogens is 889 g/mol. The molecule has 69 heavy (non-hydrogen) atoms. The van der Waals surface area contributed by atoms with Crippen molar-refractivity contribution in [2.24, 2.45) is 0 Å². The summed E-state index contributed by atoms with van der Waals surface area (Å²) >= 11 is 1.92. The lowest BCUT2D eigenvalue weighted by Crippen LogP contribution is -2.76. The fourth-order valence-corrected chi connectivity index (χ4v) is 23.8. The van der Waals surface area contributed by atoms with Gasteiger partial charge in [0.15, 0.2) is 16.1 Å². The summed E-state index contributed by atoms with van der Waals surface area (Å²) in [5.41, 5.74) is 4.47. The van der Waals surface area contributed by atoms with E-state index in [2.05, 4.69) is 246 Å². The zero-order valence-corrected chi connectivity index (χ0v) is 40.3. The second kappa shape index (κ2) is 15.8. The number of rotatable bonds is 7. The van der Waals surface area contributed by atoms with E-state index in [1.54, 1.807) is 0 Å². The third-order valence-corrected chi connectivity index (χ3v) is 25.9. The van der Waals surface area contributed by atoms with Crippen LogP contribution in [0.5, 0.6) is 0 Å². The Morgan fingerprint density at radius 2 is 1.00 bits per heavy atom. The Bertz CT molecular complexity index is 4020. The van der Waals surface area contributed by atoms with E-state index < -0.39 is 16.1 Å². The smallest absolute Gasteiger partial charge is 0.181 e. The van der Waals surface area contributed by atoms with E-state index in [0.29, 0.717) is 0 Å². The number of nitrogens with zero attached hydrogens (tertiary/aromatic N) is 4. The van der Waals surface area contributed by atoms with Crippen molar-refractivity contribution in [1.29, 1.82) is 0 Å². The van der Waals surface area contributed by atoms with Crippen molar-refractivity contribution < 1.29 is 0 Å². The van der Waals surface area contributed by atoms with Gasteiger partial charge in [-0.2, -0.15) is 0 Å². The summed E-state index contributed by atoms with van der Waals surface area (Å²) in [6.07, 6.45) is 5.96. The van der Waals surface area contributed by atoms with Crippen LogP contribution in [-0.4, -0.2) is 35.1 Å². The van der Waals surface area contributed by atoms with Crippen molar-refractivity contribution in [3.05, 3.63) is 255 Å². The number of hydrogen-bond donors (Lipinski definition) is 0. The summed E-state index contributed by atoms with van der Waals surface area (Å²) < 4.78 is 4.73. The van der Waals surface area contributed by atoms with Crippen molar-refractivity contribution in [3.8, 4) is 5.82 Å². The standard InChI is InChI=1S/C62H42N4SSi2/c1-5-19-43(20-6-1)68(44-21-7-2-8-22-44,47-32-34-49-50-27-13-14-28-54(50)65-40-39-64-62(65)53(49)41-47)48-33-35-51-52-36-37-58-61(60(52)66(55(51)42-48)59-31-17-18-38-63-59)67-56-29-15-16-30-57(56)69(58,45-23-9-3-10-24-45)46-25-11-4-12-26-46/h1-42H. The van der Waals surface area contributed by atoms with Crippen molar-refractivity contribution in [3.63, 3.8) is 0 Å². The fourth-order valence-electron chi connectivity index (χ4n) is 11.9. The Morgan fingerprint density at radius 1 is 0.406 bits per heavy atom. The minimum Gasteiger partial charge on any atom is -0.299 e. The molecule has 0 atom stereocenters. The number of hydrogen-bond acceptors (Lipinski definition) is 3. The Morgan fingerprint density at radius 3 is 1.71 bits per heavy atom. The van der Waals surface area contributed by atoms with Gasteiger partial charge < -0.3 is 0 Å². The molecule has 0 amide bonds. The van der Waals surface area contributed by atoms with E-state index in [1.165, 1.54) is 78.3 Å². The Balaban J connectivity index is 1.11. The molecule has 0 fully saturated rings. The highest BCUT2D eigenvalue weighted by Crippen LogP contribution is 2.42. The van der Waals surface area contributed by atoms with Gasteiger partial charge in [-0.1, -0.05) is 218 Å². The number of aromatic nitrogens is 4. The maximum Gasteiger partial charge on any atom is 0.181 e. The van der Waals surface area contributed by atoms with Crippen molar-refractivity contribution in [2.45, 2.75) is 9.79 Å². The van der Waals surface area contributed by atoms with Gasteiger partial charge in [0, 0.05) is 49.9 Å². The summed E-state index contributed by atoms with van der Waals surface area (Å²) in [5, 5.41) is 16.8. The summed E-state index contributed by atoms with van der Waals surface area (Å²) in [4.78, 5) is 12.8. The van der Waals surface area contributed by atoms with Crippen LogP contribution < -0.4 is 41.5 Å². The Hall–Kier alpha value is -8.08. The zero-order valence-electron chi connectivity index (χ0n) is 37.4. The predicted octanol–water partition coefficient (Wildman–Crippen LogP) is 9.35. The second-order valence-electron chi connectivity index (χ2n) is 18.1. The minimum atomic E-state index is -3.10. The van der Waals surface area contributed by atoms with Crippen molar-refractivity contribution in [1.82, 2.24) is 18.9 Å². The van der Waals surface area contributed by atoms with Crippen LogP contribution in [0.2, 0.25) is 0 Å². The van der Waals surface area contributed by atoms with Crippen molar-refractivity contribution in [2.75, 3.05) is 0 Å². The van der Waals surface area contributed by atoms with Gasteiger partial charge in [-0.15, -0.1) is 0 Å². The number of pyridine rings is 2. The molecule has 0 saturated heterocycles. The first-order valence-electron chi connectivity index (χ1n) is 23.6. The molecule has 9 aromatic carbocycles. The Kier molecular flexibility index (Phi) is 9.14. The maximum atomic E-state index is 5.18. The van der Waals surface area contributed by atoms with E-state index in [9.17, 15) is 0 Å². The second-order valence-corrected chi connectivity index (χ2v) is 26.6. The van der Waals surface area contributed by atoms with Crippen LogP contribution in [0.3, 0.4) is 0 Å². The summed E-state index contributed by atoms with van der Waals surface area (Å²) in [5.74, 6) is 0.903. The van der Waals surface area contributed by atoms with E-state index in [1.807, 2.05) is 30.2 Å². The molecule has 0 N–H and O–H groups in total. The lowest BCUT2D eigenvalue weighted by atomic mass is 10.1. The topological polar surface area (TPSA) is 35.1 Å². The molecular formula is C62H42N4SSi2. The third-order valence-electron chi connectivity index (χ3n) is 14.7. The van der Waals surface area contributed by atoms with E-state index in [4.69, 9.17) is 9.97 Å². The molecule has 0 saturated carbocycles. The lowest BCUT2D eigenvalue weighted by Gasteiger charge is -2.40. The molecule has 5 heterocycles. The summed E-state index contributed by atoms with van der Waals surface area (Å²) in [6.45, 7) is 0. The molecule has 4 nitrogen and oxygen atoms in total. The highest BCUT2D eigenvalue weighted by molar-refractivity contribution is 8.00. The number of fused-ring (bicyclic) bond motifs is 12. The zero-order chi connectivity index (χ0) is 45.5. The molecule has 0 unspecified atom stereocenters. The van der Waals surface area contributed by atoms with Crippen LogP contribution in [0, 0.1) is 0 Å². The van der Waals surface area contributed by atoms with Gasteiger partial charge in [0.05, 0.1) is 16.6 Å². The SMILES string of the molecule is c1ccc([Si](c2ccccc2)(c2ccc3c4ccccc4n4ccnc4c3c2)c2ccc3c4ccc5c(c4n(-c4ccccn4)c3c2)Sc2ccccc2[Si]5(c2ccccc2)c2ccccc2)cc1. The normalized spacial score (nSPS) is 13.3. The average Bonchev–Trinajstić information content (AvgIpc) is 4.06. The van der Waals surface area contributed by atoms with Crippen molar-refractivity contribution >= 4 is 119 Å². The van der Waals surface area contributed by atoms with Crippen LogP contribution >= 0.6 is 11.8 Å². The predicted molar refractivity (Wildman–Crippen MR) is 294 cm³/mol. The number of para-hydroxylation sites is 1. The summed E-state index contributed by atoms with van der Waals surface area (Å²) in [7, 11) is -5.95. The van der Waals surface area contributed by atoms with Gasteiger partial charge in [0.25, 0.3) is 0 Å². The largest absolute Gasteiger partial charge is 0.299 e. The van der Waals surface area contributed by atoms with Crippen LogP contribution in [0.15, 0.2) is 265 Å². The Labute approximate surface area is 405 Å². The van der Waals surface area contributed by atoms with E-state index >= 15 is 0 Å². The highest BCUT2D eigenvalue weighted by atomic mass is 32.2. The highest BCUT2D eigenvalue weighted by Gasteiger charge is 2.48. The van der Waals surface area contributed by atoms with Gasteiger partial charge in [-0.05, 0) is 77.2 Å². The van der Waals surface area contributed by atoms with E-state index in [0.717, 1.165) is 27.9 Å². The van der Waals surface area contributed by atoms with Crippen LogP contribution in [0.4, 0.5) is 0 Å². The molecule has 0 spiro atoms. The molecule has 0 aliphatic carbocycles. The first kappa shape index (κ1) is 40.0. The quantitative estimate of drug-likeness (QED) is 0.0909. The molecule has 324 valence electrons. The van der Waals surface area contributed by atoms with Gasteiger partial charge in [0.1, 0.15) is 11.5 Å². The monoisotopic (exact) mass is 930 g/mol. The van der Waals surface area contributed by atoms with Gasteiger partial charge in [-0.3, -0.25) is 8.97 Å². The first-order valence-corrected chi connectivity index (χ1v) is 28.4. The number of benzene rings is 9. The van der Waals surface area contributed by atoms with Crippen LogP contribution in [0.1, 0.15) is 0 Å². The third kappa shape index (κ3) is 5.75. The van der Waals surface area contributed by atoms with Crippen LogP contribution in [0.25, 0.3) is 54.9 Å². The molecule has 0 bridgehead atoms. The van der Waals surface area contributed by atoms with Gasteiger partial charge >= 0.3 is 0 Å². The average molecular weight is 931 g/mol. The molecule has 7 heteroatoms. The molecule has 0 radical (unpaired) electrons. The molecule has 4 aromatic heterocycles. The maximum absolute atomic E-state index is 5.18. The first-order chi connectivity index (χ1) is 34.2. The summed E-state index contributed by atoms with van der Waals surface area (Å²) in [6, 6.07) is 88.9.